The third-order valence-corrected chi connectivity index (χ3v) is 6.03. The Hall–Kier alpha value is -1.89. The Balaban J connectivity index is 1.54. The molecular formula is C18H19ClF2N2O3. The fourth-order valence-electron chi connectivity index (χ4n) is 4.54. The van der Waals surface area contributed by atoms with Crippen LogP contribution in [0, 0.1) is 11.8 Å². The summed E-state index contributed by atoms with van der Waals surface area (Å²) in [6.45, 7) is 0.120. The number of nitrogens with one attached hydrogen (secondary N) is 2. The lowest BCUT2D eigenvalue weighted by atomic mass is 9.52. The zero-order valence-electron chi connectivity index (χ0n) is 13.9. The van der Waals surface area contributed by atoms with Gasteiger partial charge in [0, 0.05) is 29.8 Å². The summed E-state index contributed by atoms with van der Waals surface area (Å²) < 4.78 is 32.8. The van der Waals surface area contributed by atoms with E-state index in [1.54, 1.807) is 12.1 Å². The second-order valence-corrected chi connectivity index (χ2v) is 7.75. The molecule has 4 rings (SSSR count). The smallest absolute Gasteiger partial charge is 0.408 e. The number of alkyl halides is 2. The van der Waals surface area contributed by atoms with Crippen molar-refractivity contribution in [3.8, 4) is 0 Å². The Morgan fingerprint density at radius 1 is 1.27 bits per heavy atom. The van der Waals surface area contributed by atoms with Crippen LogP contribution in [0.3, 0.4) is 0 Å². The van der Waals surface area contributed by atoms with E-state index in [0.717, 1.165) is 5.56 Å². The summed E-state index contributed by atoms with van der Waals surface area (Å²) in [5.74, 6) is -3.43. The van der Waals surface area contributed by atoms with Gasteiger partial charge in [0.05, 0.1) is 6.54 Å². The number of halogens is 3. The number of fused-ring (bicyclic) bond motifs is 1. The molecule has 1 aromatic carbocycles. The summed E-state index contributed by atoms with van der Waals surface area (Å²) in [5.41, 5.74) is 0.889. The molecular weight excluding hydrogens is 366 g/mol. The Bertz CT molecular complexity index is 728. The molecule has 2 amide bonds. The van der Waals surface area contributed by atoms with Crippen molar-refractivity contribution in [3.63, 3.8) is 0 Å². The number of benzene rings is 1. The van der Waals surface area contributed by atoms with E-state index in [1.807, 2.05) is 12.1 Å². The summed E-state index contributed by atoms with van der Waals surface area (Å²) >= 11 is 5.94. The summed E-state index contributed by atoms with van der Waals surface area (Å²) in [4.78, 5) is 23.6. The Morgan fingerprint density at radius 3 is 2.65 bits per heavy atom. The van der Waals surface area contributed by atoms with E-state index >= 15 is 0 Å². The standard InChI is InChI=1S/C18H19ClF2N2O3/c19-10-3-1-9(2-4-10)14-12-7-18(20,21)6-5-11(12)15(14)23-16(24)13-8-22-17(25)26-13/h1-4,11-15H,5-8H2,(H,22,25)(H,23,24)/t11?,12?,13-,14?,15+/m0/s1. The first-order chi connectivity index (χ1) is 12.3. The van der Waals surface area contributed by atoms with Crippen molar-refractivity contribution >= 4 is 23.6 Å². The van der Waals surface area contributed by atoms with E-state index in [2.05, 4.69) is 10.6 Å². The minimum Gasteiger partial charge on any atom is -0.434 e. The van der Waals surface area contributed by atoms with Crippen LogP contribution in [0.2, 0.25) is 5.02 Å². The van der Waals surface area contributed by atoms with Crippen LogP contribution in [0.4, 0.5) is 13.6 Å². The third kappa shape index (κ3) is 3.13. The molecule has 0 bridgehead atoms. The summed E-state index contributed by atoms with van der Waals surface area (Å²) in [6.07, 6.45) is -1.46. The van der Waals surface area contributed by atoms with Crippen LogP contribution in [0.1, 0.15) is 30.7 Å². The largest absolute Gasteiger partial charge is 0.434 e. The number of cyclic esters (lactones) is 1. The Labute approximate surface area is 154 Å². The van der Waals surface area contributed by atoms with Crippen LogP contribution in [-0.2, 0) is 9.53 Å². The quantitative estimate of drug-likeness (QED) is 0.841. The molecule has 8 heteroatoms. The van der Waals surface area contributed by atoms with Crippen LogP contribution < -0.4 is 10.6 Å². The van der Waals surface area contributed by atoms with E-state index < -0.39 is 18.1 Å². The van der Waals surface area contributed by atoms with E-state index in [4.69, 9.17) is 16.3 Å². The lowest BCUT2D eigenvalue weighted by Crippen LogP contribution is -2.62. The first-order valence-electron chi connectivity index (χ1n) is 8.72. The molecule has 2 N–H and O–H groups in total. The minimum absolute atomic E-state index is 0.00400. The molecule has 5 nitrogen and oxygen atoms in total. The maximum atomic E-state index is 13.9. The van der Waals surface area contributed by atoms with E-state index in [0.29, 0.717) is 11.4 Å². The second-order valence-electron chi connectivity index (χ2n) is 7.31. The van der Waals surface area contributed by atoms with Crippen molar-refractivity contribution in [2.24, 2.45) is 11.8 Å². The second kappa shape index (κ2) is 6.37. The fraction of sp³-hybridized carbons (Fsp3) is 0.556. The topological polar surface area (TPSA) is 67.4 Å². The first kappa shape index (κ1) is 17.5. The molecule has 140 valence electrons. The lowest BCUT2D eigenvalue weighted by Gasteiger charge is -2.56. The molecule has 26 heavy (non-hydrogen) atoms. The molecule has 2 aliphatic carbocycles. The molecule has 5 atom stereocenters. The number of amides is 2. The summed E-state index contributed by atoms with van der Waals surface area (Å²) in [5, 5.41) is 5.95. The number of hydrogen-bond donors (Lipinski definition) is 2. The highest BCUT2D eigenvalue weighted by molar-refractivity contribution is 6.30. The van der Waals surface area contributed by atoms with Gasteiger partial charge in [0.25, 0.3) is 5.91 Å². The summed E-state index contributed by atoms with van der Waals surface area (Å²) in [7, 11) is 0. The van der Waals surface area contributed by atoms with Gasteiger partial charge in [-0.3, -0.25) is 4.79 Å². The lowest BCUT2D eigenvalue weighted by molar-refractivity contribution is -0.138. The number of rotatable bonds is 3. The zero-order valence-corrected chi connectivity index (χ0v) is 14.6. The molecule has 0 radical (unpaired) electrons. The van der Waals surface area contributed by atoms with Crippen LogP contribution in [0.15, 0.2) is 24.3 Å². The van der Waals surface area contributed by atoms with Gasteiger partial charge in [-0.15, -0.1) is 0 Å². The van der Waals surface area contributed by atoms with Gasteiger partial charge in [-0.1, -0.05) is 23.7 Å². The average Bonchev–Trinajstić information content (AvgIpc) is 3.01. The molecule has 1 aliphatic heterocycles. The average molecular weight is 385 g/mol. The van der Waals surface area contributed by atoms with Gasteiger partial charge in [-0.05, 0) is 36.0 Å². The number of ether oxygens (including phenoxy) is 1. The highest BCUT2D eigenvalue weighted by atomic mass is 35.5. The SMILES string of the molecule is O=C1NC[C@@H](C(=O)N[C@@H]2C3CCC(F)(F)CC3C2c2ccc(Cl)cc2)O1. The molecule has 1 aromatic rings. The Kier molecular flexibility index (Phi) is 4.29. The van der Waals surface area contributed by atoms with Crippen molar-refractivity contribution in [1.82, 2.24) is 10.6 Å². The highest BCUT2D eigenvalue weighted by Gasteiger charge is 2.57. The van der Waals surface area contributed by atoms with Gasteiger partial charge in [0.1, 0.15) is 0 Å². The number of hydrogen-bond acceptors (Lipinski definition) is 3. The van der Waals surface area contributed by atoms with Gasteiger partial charge >= 0.3 is 6.09 Å². The van der Waals surface area contributed by atoms with Gasteiger partial charge in [0.2, 0.25) is 5.92 Å². The molecule has 0 aromatic heterocycles. The van der Waals surface area contributed by atoms with E-state index in [-0.39, 0.29) is 49.1 Å². The monoisotopic (exact) mass is 384 g/mol. The van der Waals surface area contributed by atoms with Gasteiger partial charge in [-0.2, -0.15) is 0 Å². The van der Waals surface area contributed by atoms with Gasteiger partial charge in [0.15, 0.2) is 6.10 Å². The Morgan fingerprint density at radius 2 is 2.00 bits per heavy atom. The van der Waals surface area contributed by atoms with Crippen LogP contribution in [0.25, 0.3) is 0 Å². The van der Waals surface area contributed by atoms with Crippen molar-refractivity contribution in [2.75, 3.05) is 6.54 Å². The predicted molar refractivity (Wildman–Crippen MR) is 90.2 cm³/mol. The van der Waals surface area contributed by atoms with Crippen molar-refractivity contribution in [2.45, 2.75) is 43.2 Å². The van der Waals surface area contributed by atoms with Gasteiger partial charge in [-0.25, -0.2) is 13.6 Å². The number of carbonyl (C=O) groups excluding carboxylic acids is 2. The first-order valence-corrected chi connectivity index (χ1v) is 9.10. The van der Waals surface area contributed by atoms with Gasteiger partial charge < -0.3 is 15.4 Å². The molecule has 0 spiro atoms. The number of carbonyl (C=O) groups is 2. The fourth-order valence-corrected chi connectivity index (χ4v) is 4.67. The normalized spacial score (nSPS) is 34.9. The van der Waals surface area contributed by atoms with Crippen LogP contribution in [-0.4, -0.2) is 36.6 Å². The van der Waals surface area contributed by atoms with Crippen molar-refractivity contribution < 1.29 is 23.1 Å². The van der Waals surface area contributed by atoms with Crippen molar-refractivity contribution in [3.05, 3.63) is 34.9 Å². The van der Waals surface area contributed by atoms with E-state index in [1.165, 1.54) is 0 Å². The molecule has 3 fully saturated rings. The third-order valence-electron chi connectivity index (χ3n) is 5.77. The maximum Gasteiger partial charge on any atom is 0.408 e. The zero-order chi connectivity index (χ0) is 18.5. The predicted octanol–water partition coefficient (Wildman–Crippen LogP) is 3.08. The molecule has 1 saturated heterocycles. The van der Waals surface area contributed by atoms with E-state index in [9.17, 15) is 18.4 Å². The summed E-state index contributed by atoms with van der Waals surface area (Å²) in [6, 6.07) is 6.86. The molecule has 3 unspecified atom stereocenters. The molecule has 3 aliphatic rings. The minimum atomic E-state index is -2.66. The number of alkyl carbamates (subject to hydrolysis) is 1. The van der Waals surface area contributed by atoms with Crippen LogP contribution in [0.5, 0.6) is 0 Å². The molecule has 2 saturated carbocycles. The van der Waals surface area contributed by atoms with Crippen molar-refractivity contribution in [1.29, 1.82) is 0 Å². The maximum absolute atomic E-state index is 13.9. The van der Waals surface area contributed by atoms with Crippen LogP contribution >= 0.6 is 11.6 Å². The molecule has 1 heterocycles. The highest BCUT2D eigenvalue weighted by Crippen LogP contribution is 2.57.